The van der Waals surface area contributed by atoms with Gasteiger partial charge >= 0.3 is 0 Å². The minimum atomic E-state index is -0.231. The first kappa shape index (κ1) is 16.1. The first-order chi connectivity index (χ1) is 11.7. The van der Waals surface area contributed by atoms with Crippen molar-refractivity contribution in [3.8, 4) is 0 Å². The molecule has 2 N–H and O–H groups in total. The molecule has 6 nitrogen and oxygen atoms in total. The van der Waals surface area contributed by atoms with Gasteiger partial charge in [0.15, 0.2) is 0 Å². The Morgan fingerprint density at radius 3 is 2.75 bits per heavy atom. The van der Waals surface area contributed by atoms with Crippen molar-refractivity contribution in [1.82, 2.24) is 20.3 Å². The molecule has 0 aliphatic rings. The molecule has 0 fully saturated rings. The number of amides is 1. The van der Waals surface area contributed by atoms with Crippen LogP contribution in [0.1, 0.15) is 35.3 Å². The van der Waals surface area contributed by atoms with Crippen molar-refractivity contribution in [1.29, 1.82) is 0 Å². The van der Waals surface area contributed by atoms with Crippen LogP contribution >= 0.6 is 0 Å². The van der Waals surface area contributed by atoms with Crippen LogP contribution in [0, 0.1) is 0 Å². The van der Waals surface area contributed by atoms with Gasteiger partial charge in [0, 0.05) is 18.7 Å². The maximum absolute atomic E-state index is 12.6. The topological polar surface area (TPSA) is 80.0 Å². The number of aliphatic hydroxyl groups excluding tert-OH is 1. The number of nitrogens with one attached hydrogen (secondary N) is 1. The molecule has 1 heterocycles. The second-order valence-corrected chi connectivity index (χ2v) is 5.56. The molecular weight excluding hydrogens is 304 g/mol. The van der Waals surface area contributed by atoms with E-state index < -0.39 is 0 Å². The summed E-state index contributed by atoms with van der Waals surface area (Å²) in [7, 11) is 0. The molecule has 0 saturated carbocycles. The molecule has 3 aromatic rings. The number of nitrogens with zero attached hydrogens (tertiary/aromatic N) is 3. The zero-order chi connectivity index (χ0) is 16.9. The lowest BCUT2D eigenvalue weighted by Gasteiger charge is -2.18. The highest BCUT2D eigenvalue weighted by Crippen LogP contribution is 2.18. The van der Waals surface area contributed by atoms with Gasteiger partial charge in [-0.15, -0.1) is 5.10 Å². The van der Waals surface area contributed by atoms with Gasteiger partial charge < -0.3 is 10.4 Å². The van der Waals surface area contributed by atoms with Crippen molar-refractivity contribution < 1.29 is 9.90 Å². The van der Waals surface area contributed by atoms with Crippen molar-refractivity contribution >= 4 is 16.9 Å². The van der Waals surface area contributed by atoms with Crippen LogP contribution in [0.2, 0.25) is 0 Å². The summed E-state index contributed by atoms with van der Waals surface area (Å²) < 4.78 is 1.79. The third-order valence-electron chi connectivity index (χ3n) is 4.00. The summed E-state index contributed by atoms with van der Waals surface area (Å²) in [5.41, 5.74) is 3.11. The lowest BCUT2D eigenvalue weighted by atomic mass is 10.0. The van der Waals surface area contributed by atoms with Crippen LogP contribution in [0.15, 0.2) is 48.5 Å². The van der Waals surface area contributed by atoms with E-state index >= 15 is 0 Å². The van der Waals surface area contributed by atoms with Crippen molar-refractivity contribution in [3.05, 3.63) is 59.7 Å². The fraction of sp³-hybridized carbons (Fsp3) is 0.278. The van der Waals surface area contributed by atoms with Crippen LogP contribution in [0.3, 0.4) is 0 Å². The number of hydrogen-bond acceptors (Lipinski definition) is 4. The van der Waals surface area contributed by atoms with E-state index in [0.29, 0.717) is 17.5 Å². The van der Waals surface area contributed by atoms with Crippen LogP contribution in [0.4, 0.5) is 0 Å². The highest BCUT2D eigenvalue weighted by Gasteiger charge is 2.16. The van der Waals surface area contributed by atoms with Crippen LogP contribution in [0.25, 0.3) is 11.0 Å². The molecule has 0 bridgehead atoms. The Bertz CT molecular complexity index is 829. The molecule has 1 amide bonds. The number of aryl methyl sites for hydroxylation is 1. The van der Waals surface area contributed by atoms with E-state index in [9.17, 15) is 9.90 Å². The van der Waals surface area contributed by atoms with E-state index in [1.165, 1.54) is 0 Å². The van der Waals surface area contributed by atoms with Gasteiger partial charge in [-0.1, -0.05) is 35.5 Å². The third-order valence-corrected chi connectivity index (χ3v) is 4.00. The molecule has 1 atom stereocenters. The molecule has 6 heteroatoms. The van der Waals surface area contributed by atoms with Gasteiger partial charge in [0.2, 0.25) is 0 Å². The Kier molecular flexibility index (Phi) is 4.86. The highest BCUT2D eigenvalue weighted by molar-refractivity contribution is 5.97. The maximum Gasteiger partial charge on any atom is 0.251 e. The lowest BCUT2D eigenvalue weighted by Crippen LogP contribution is -2.29. The molecule has 2 aromatic carbocycles. The Labute approximate surface area is 140 Å². The zero-order valence-electron chi connectivity index (χ0n) is 13.5. The maximum atomic E-state index is 12.6. The van der Waals surface area contributed by atoms with Crippen LogP contribution in [0.5, 0.6) is 0 Å². The summed E-state index contributed by atoms with van der Waals surface area (Å²) in [4.78, 5) is 12.6. The predicted molar refractivity (Wildman–Crippen MR) is 91.6 cm³/mol. The standard InChI is InChI=1S/C18H20N4O2/c1-2-22-17-9-8-14(12-16(17)20-21-22)18(24)19-15(10-11-23)13-6-4-3-5-7-13/h3-9,12,15,23H,2,10-11H2,1H3,(H,19,24). The first-order valence-electron chi connectivity index (χ1n) is 8.03. The van der Waals surface area contributed by atoms with E-state index in [-0.39, 0.29) is 18.6 Å². The summed E-state index contributed by atoms with van der Waals surface area (Å²) in [6.07, 6.45) is 0.462. The van der Waals surface area contributed by atoms with E-state index in [0.717, 1.165) is 17.6 Å². The Morgan fingerprint density at radius 2 is 2.04 bits per heavy atom. The predicted octanol–water partition coefficient (Wildman–Crippen LogP) is 2.30. The van der Waals surface area contributed by atoms with Gasteiger partial charge in [-0.2, -0.15) is 0 Å². The number of hydrogen-bond donors (Lipinski definition) is 2. The van der Waals surface area contributed by atoms with Gasteiger partial charge in [0.05, 0.1) is 11.6 Å². The minimum Gasteiger partial charge on any atom is -0.396 e. The molecular formula is C18H20N4O2. The fourth-order valence-electron chi connectivity index (χ4n) is 2.73. The highest BCUT2D eigenvalue weighted by atomic mass is 16.3. The largest absolute Gasteiger partial charge is 0.396 e. The monoisotopic (exact) mass is 324 g/mol. The SMILES string of the molecule is CCn1nnc2cc(C(=O)NC(CCO)c3ccccc3)ccc21. The van der Waals surface area contributed by atoms with Gasteiger partial charge in [-0.3, -0.25) is 4.79 Å². The molecule has 1 aromatic heterocycles. The summed E-state index contributed by atoms with van der Waals surface area (Å²) in [6, 6.07) is 14.8. The van der Waals surface area contributed by atoms with Gasteiger partial charge in [-0.25, -0.2) is 4.68 Å². The van der Waals surface area contributed by atoms with Gasteiger partial charge in [-0.05, 0) is 37.1 Å². The molecule has 1 unspecified atom stereocenters. The minimum absolute atomic E-state index is 0.00367. The van der Waals surface area contributed by atoms with Crippen LogP contribution in [-0.4, -0.2) is 32.6 Å². The van der Waals surface area contributed by atoms with Crippen LogP contribution < -0.4 is 5.32 Å². The summed E-state index contributed by atoms with van der Waals surface area (Å²) in [5, 5.41) is 20.4. The molecule has 0 aliphatic heterocycles. The van der Waals surface area contributed by atoms with Crippen molar-refractivity contribution in [3.63, 3.8) is 0 Å². The number of rotatable bonds is 6. The lowest BCUT2D eigenvalue weighted by molar-refractivity contribution is 0.0930. The number of aliphatic hydroxyl groups is 1. The number of carbonyl (C=O) groups is 1. The van der Waals surface area contributed by atoms with E-state index in [1.54, 1.807) is 16.8 Å². The molecule has 0 spiro atoms. The van der Waals surface area contributed by atoms with Crippen LogP contribution in [-0.2, 0) is 6.54 Å². The third kappa shape index (κ3) is 3.28. The molecule has 3 rings (SSSR count). The quantitative estimate of drug-likeness (QED) is 0.729. The molecule has 0 saturated heterocycles. The molecule has 0 aliphatic carbocycles. The van der Waals surface area contributed by atoms with Gasteiger partial charge in [0.25, 0.3) is 5.91 Å². The average molecular weight is 324 g/mol. The normalized spacial score (nSPS) is 12.2. The number of aromatic nitrogens is 3. The number of benzene rings is 2. The zero-order valence-corrected chi connectivity index (χ0v) is 13.5. The molecule has 124 valence electrons. The molecule has 24 heavy (non-hydrogen) atoms. The Balaban J connectivity index is 1.82. The van der Waals surface area contributed by atoms with E-state index in [2.05, 4.69) is 15.6 Å². The number of carbonyl (C=O) groups excluding carboxylic acids is 1. The Morgan fingerprint density at radius 1 is 1.25 bits per heavy atom. The Hall–Kier alpha value is -2.73. The summed E-state index contributed by atoms with van der Waals surface area (Å²) in [5.74, 6) is -0.190. The summed E-state index contributed by atoms with van der Waals surface area (Å²) in [6.45, 7) is 2.73. The second kappa shape index (κ2) is 7.23. The van der Waals surface area contributed by atoms with Crippen molar-refractivity contribution in [2.45, 2.75) is 25.9 Å². The summed E-state index contributed by atoms with van der Waals surface area (Å²) >= 11 is 0. The molecule has 0 radical (unpaired) electrons. The van der Waals surface area contributed by atoms with Gasteiger partial charge in [0.1, 0.15) is 5.52 Å². The average Bonchev–Trinajstić information content (AvgIpc) is 3.04. The fourth-order valence-corrected chi connectivity index (χ4v) is 2.73. The van der Waals surface area contributed by atoms with Crippen molar-refractivity contribution in [2.75, 3.05) is 6.61 Å². The smallest absolute Gasteiger partial charge is 0.251 e. The van der Waals surface area contributed by atoms with Crippen molar-refractivity contribution in [2.24, 2.45) is 0 Å². The van der Waals surface area contributed by atoms with E-state index in [4.69, 9.17) is 0 Å². The van der Waals surface area contributed by atoms with E-state index in [1.807, 2.05) is 43.3 Å². The number of fused-ring (bicyclic) bond motifs is 1. The second-order valence-electron chi connectivity index (χ2n) is 5.56. The first-order valence-corrected chi connectivity index (χ1v) is 8.03.